The van der Waals surface area contributed by atoms with Crippen LogP contribution in [-0.4, -0.2) is 71.0 Å². The summed E-state index contributed by atoms with van der Waals surface area (Å²) in [6.45, 7) is 0.876. The zero-order chi connectivity index (χ0) is 29.1. The molecule has 3 rings (SSSR count). The summed E-state index contributed by atoms with van der Waals surface area (Å²) in [6.07, 6.45) is 0.855. The highest BCUT2D eigenvalue weighted by Crippen LogP contribution is 2.38. The second-order valence-electron chi connectivity index (χ2n) is 8.62. The summed E-state index contributed by atoms with van der Waals surface area (Å²) in [4.78, 5) is 12.6. The van der Waals surface area contributed by atoms with Crippen molar-refractivity contribution in [1.29, 1.82) is 0 Å². The molecule has 0 aliphatic heterocycles. The van der Waals surface area contributed by atoms with Crippen LogP contribution in [0, 0.1) is 0 Å². The maximum Gasteiger partial charge on any atom is 0.338 e. The highest BCUT2D eigenvalue weighted by atomic mass is 16.5. The number of phenols is 1. The molecule has 0 aliphatic carbocycles. The molecule has 0 aromatic heterocycles. The Balaban J connectivity index is 1.63. The standard InChI is InChI=1S/C30H35NO9/c1-35-24-11-8-21(26(15-24)36-2)16-31-17-22(32)18-40-23-9-6-20(7-10-23)25(30(34)39-5)12-19-13-27(37-3)29(33)28(14-19)38-4/h6-15,22,31-33H,16-18H2,1-5H3/b25-12+. The molecule has 0 saturated carbocycles. The Hall–Kier alpha value is -4.41. The summed E-state index contributed by atoms with van der Waals surface area (Å²) in [5, 5.41) is 23.7. The van der Waals surface area contributed by atoms with Crippen LogP contribution >= 0.6 is 0 Å². The first-order valence-electron chi connectivity index (χ1n) is 12.4. The maximum absolute atomic E-state index is 12.6. The SMILES string of the molecule is COC(=O)/C(=C/c1cc(OC)c(O)c(OC)c1)c1ccc(OCC(O)CNCc2ccc(OC)cc2OC)cc1. The Morgan fingerprint density at radius 1 is 0.850 bits per heavy atom. The molecule has 214 valence electrons. The van der Waals surface area contributed by atoms with E-state index in [4.69, 9.17) is 28.4 Å². The zero-order valence-corrected chi connectivity index (χ0v) is 23.2. The molecule has 0 aliphatic rings. The van der Waals surface area contributed by atoms with E-state index in [9.17, 15) is 15.0 Å². The van der Waals surface area contributed by atoms with Crippen molar-refractivity contribution in [2.75, 3.05) is 48.7 Å². The van der Waals surface area contributed by atoms with Gasteiger partial charge in [-0.3, -0.25) is 0 Å². The zero-order valence-electron chi connectivity index (χ0n) is 23.2. The van der Waals surface area contributed by atoms with E-state index in [1.54, 1.807) is 62.8 Å². The lowest BCUT2D eigenvalue weighted by Gasteiger charge is -2.15. The fraction of sp³-hybridized carbons (Fsp3) is 0.300. The van der Waals surface area contributed by atoms with Crippen LogP contribution in [0.5, 0.6) is 34.5 Å². The van der Waals surface area contributed by atoms with Gasteiger partial charge in [-0.05, 0) is 47.5 Å². The average Bonchev–Trinajstić information content (AvgIpc) is 2.99. The van der Waals surface area contributed by atoms with Crippen molar-refractivity contribution in [3.8, 4) is 34.5 Å². The minimum atomic E-state index is -0.756. The van der Waals surface area contributed by atoms with Crippen molar-refractivity contribution >= 4 is 17.6 Å². The summed E-state index contributed by atoms with van der Waals surface area (Å²) >= 11 is 0. The molecular weight excluding hydrogens is 518 g/mol. The van der Waals surface area contributed by atoms with Crippen molar-refractivity contribution in [2.24, 2.45) is 0 Å². The van der Waals surface area contributed by atoms with E-state index < -0.39 is 12.1 Å². The number of aliphatic hydroxyl groups excluding tert-OH is 1. The molecule has 3 aromatic carbocycles. The average molecular weight is 554 g/mol. The van der Waals surface area contributed by atoms with E-state index in [1.165, 1.54) is 21.3 Å². The summed E-state index contributed by atoms with van der Waals surface area (Å²) in [6, 6.07) is 15.6. The Morgan fingerprint density at radius 2 is 1.48 bits per heavy atom. The van der Waals surface area contributed by atoms with Crippen molar-refractivity contribution in [2.45, 2.75) is 12.6 Å². The molecule has 0 heterocycles. The topological polar surface area (TPSA) is 125 Å². The number of rotatable bonds is 14. The van der Waals surface area contributed by atoms with Crippen LogP contribution in [0.15, 0.2) is 54.6 Å². The van der Waals surface area contributed by atoms with Gasteiger partial charge in [0.2, 0.25) is 5.75 Å². The summed E-state index contributed by atoms with van der Waals surface area (Å²) in [7, 11) is 7.34. The van der Waals surface area contributed by atoms with Crippen LogP contribution in [-0.2, 0) is 16.1 Å². The Bertz CT molecular complexity index is 1280. The fourth-order valence-electron chi connectivity index (χ4n) is 3.89. The quantitative estimate of drug-likeness (QED) is 0.155. The molecular formula is C30H35NO9. The van der Waals surface area contributed by atoms with Crippen molar-refractivity contribution in [3.05, 3.63) is 71.3 Å². The number of esters is 1. The first-order valence-corrected chi connectivity index (χ1v) is 12.4. The molecule has 0 bridgehead atoms. The van der Waals surface area contributed by atoms with Gasteiger partial charge in [-0.2, -0.15) is 0 Å². The van der Waals surface area contributed by atoms with Gasteiger partial charge in [-0.15, -0.1) is 0 Å². The van der Waals surface area contributed by atoms with Crippen LogP contribution in [0.4, 0.5) is 0 Å². The van der Waals surface area contributed by atoms with Gasteiger partial charge >= 0.3 is 5.97 Å². The fourth-order valence-corrected chi connectivity index (χ4v) is 3.89. The summed E-state index contributed by atoms with van der Waals surface area (Å²) in [5.41, 5.74) is 2.36. The smallest absolute Gasteiger partial charge is 0.338 e. The lowest BCUT2D eigenvalue weighted by Crippen LogP contribution is -2.31. The highest BCUT2D eigenvalue weighted by Gasteiger charge is 2.16. The summed E-state index contributed by atoms with van der Waals surface area (Å²) < 4.78 is 31.7. The third-order valence-electron chi connectivity index (χ3n) is 6.02. The number of nitrogens with one attached hydrogen (secondary N) is 1. The molecule has 0 saturated heterocycles. The Labute approximate surface area is 233 Å². The molecule has 0 spiro atoms. The van der Waals surface area contributed by atoms with E-state index in [2.05, 4.69) is 5.32 Å². The van der Waals surface area contributed by atoms with Gasteiger partial charge < -0.3 is 44.0 Å². The lowest BCUT2D eigenvalue weighted by molar-refractivity contribution is -0.133. The number of hydrogen-bond donors (Lipinski definition) is 3. The minimum Gasteiger partial charge on any atom is -0.502 e. The normalized spacial score (nSPS) is 11.9. The molecule has 0 fully saturated rings. The van der Waals surface area contributed by atoms with Crippen molar-refractivity contribution in [1.82, 2.24) is 5.32 Å². The van der Waals surface area contributed by atoms with E-state index >= 15 is 0 Å². The first-order chi connectivity index (χ1) is 19.3. The third kappa shape index (κ3) is 7.81. The van der Waals surface area contributed by atoms with Gasteiger partial charge in [0.25, 0.3) is 0 Å². The molecule has 1 atom stereocenters. The second-order valence-corrected chi connectivity index (χ2v) is 8.62. The van der Waals surface area contributed by atoms with Crippen LogP contribution in [0.1, 0.15) is 16.7 Å². The van der Waals surface area contributed by atoms with Gasteiger partial charge in [0, 0.05) is 24.7 Å². The number of methoxy groups -OCH3 is 5. The largest absolute Gasteiger partial charge is 0.502 e. The number of ether oxygens (including phenoxy) is 6. The Morgan fingerprint density at radius 3 is 2.05 bits per heavy atom. The summed E-state index contributed by atoms with van der Waals surface area (Å²) in [5.74, 6) is 1.65. The lowest BCUT2D eigenvalue weighted by atomic mass is 10.0. The van der Waals surface area contributed by atoms with Gasteiger partial charge in [-0.25, -0.2) is 4.79 Å². The number of carbonyl (C=O) groups is 1. The molecule has 10 nitrogen and oxygen atoms in total. The molecule has 0 radical (unpaired) electrons. The van der Waals surface area contributed by atoms with Crippen molar-refractivity contribution < 1.29 is 43.4 Å². The van der Waals surface area contributed by atoms with E-state index in [-0.39, 0.29) is 29.4 Å². The number of hydrogen-bond acceptors (Lipinski definition) is 10. The molecule has 1 unspecified atom stereocenters. The Kier molecular flexibility index (Phi) is 11.0. The van der Waals surface area contributed by atoms with Gasteiger partial charge in [0.1, 0.15) is 30.0 Å². The van der Waals surface area contributed by atoms with Crippen molar-refractivity contribution in [3.63, 3.8) is 0 Å². The predicted octanol–water partition coefficient (Wildman–Crippen LogP) is 3.67. The molecule has 40 heavy (non-hydrogen) atoms. The number of benzene rings is 3. The number of aromatic hydroxyl groups is 1. The first kappa shape index (κ1) is 30.1. The third-order valence-corrected chi connectivity index (χ3v) is 6.02. The number of carbonyl (C=O) groups excluding carboxylic acids is 1. The van der Waals surface area contributed by atoms with Crippen LogP contribution in [0.25, 0.3) is 11.6 Å². The molecule has 10 heteroatoms. The minimum absolute atomic E-state index is 0.0683. The molecule has 0 amide bonds. The molecule has 3 aromatic rings. The number of phenolic OH excluding ortho intramolecular Hbond substituents is 1. The highest BCUT2D eigenvalue weighted by molar-refractivity contribution is 6.21. The maximum atomic E-state index is 12.6. The van der Waals surface area contributed by atoms with Crippen LogP contribution in [0.2, 0.25) is 0 Å². The van der Waals surface area contributed by atoms with E-state index in [0.717, 1.165) is 5.56 Å². The monoisotopic (exact) mass is 553 g/mol. The molecule has 3 N–H and O–H groups in total. The van der Waals surface area contributed by atoms with Crippen LogP contribution in [0.3, 0.4) is 0 Å². The van der Waals surface area contributed by atoms with Gasteiger partial charge in [0.05, 0.1) is 41.1 Å². The van der Waals surface area contributed by atoms with E-state index in [1.807, 2.05) is 12.1 Å². The number of aliphatic hydroxyl groups is 1. The van der Waals surface area contributed by atoms with Crippen LogP contribution < -0.4 is 29.0 Å². The van der Waals surface area contributed by atoms with E-state index in [0.29, 0.717) is 41.5 Å². The van der Waals surface area contributed by atoms with Gasteiger partial charge in [-0.1, -0.05) is 18.2 Å². The second kappa shape index (κ2) is 14.7. The van der Waals surface area contributed by atoms with Gasteiger partial charge in [0.15, 0.2) is 11.5 Å². The predicted molar refractivity (Wildman–Crippen MR) is 150 cm³/mol.